The lowest BCUT2D eigenvalue weighted by Gasteiger charge is -2.16. The fourth-order valence-corrected chi connectivity index (χ4v) is 2.15. The topological polar surface area (TPSA) is 114 Å². The van der Waals surface area contributed by atoms with Crippen LogP contribution < -0.4 is 0 Å². The number of nitrogens with zero attached hydrogens (tertiary/aromatic N) is 3. The predicted molar refractivity (Wildman–Crippen MR) is 72.2 cm³/mol. The molecule has 1 aromatic heterocycles. The second-order valence-electron chi connectivity index (χ2n) is 4.02. The van der Waals surface area contributed by atoms with Crippen LogP contribution in [-0.2, 0) is 16.7 Å². The normalized spacial score (nSPS) is 12.7. The van der Waals surface area contributed by atoms with Crippen molar-refractivity contribution in [3.63, 3.8) is 0 Å². The number of hydrogen-bond donors (Lipinski definition) is 1. The molecule has 110 valence electrons. The highest BCUT2D eigenvalue weighted by atomic mass is 35.5. The van der Waals surface area contributed by atoms with E-state index in [0.29, 0.717) is 5.15 Å². The van der Waals surface area contributed by atoms with Crippen molar-refractivity contribution in [3.05, 3.63) is 50.3 Å². The lowest BCUT2D eigenvalue weighted by molar-refractivity contribution is -0.403. The van der Waals surface area contributed by atoms with Crippen molar-refractivity contribution in [2.75, 3.05) is 13.6 Å². The van der Waals surface area contributed by atoms with Gasteiger partial charge in [-0.05, 0) is 18.7 Å². The average molecular weight is 322 g/mol. The van der Waals surface area contributed by atoms with Crippen molar-refractivity contribution in [1.29, 1.82) is 0 Å². The molecule has 0 atom stereocenters. The molecular formula is C10H12ClN3O5S. The first-order chi connectivity index (χ1) is 9.18. The summed E-state index contributed by atoms with van der Waals surface area (Å²) in [4.78, 5) is 14.1. The Kier molecular flexibility index (Phi) is 5.57. The molecule has 0 aliphatic heterocycles. The number of halogens is 1. The molecule has 1 rings (SSSR count). The van der Waals surface area contributed by atoms with Crippen LogP contribution in [0.5, 0.6) is 0 Å². The van der Waals surface area contributed by atoms with Crippen molar-refractivity contribution in [2.45, 2.75) is 6.54 Å². The predicted octanol–water partition coefficient (Wildman–Crippen LogP) is 1.17. The molecule has 0 spiro atoms. The summed E-state index contributed by atoms with van der Waals surface area (Å²) < 4.78 is 31.0. The minimum atomic E-state index is -4.61. The summed E-state index contributed by atoms with van der Waals surface area (Å²) in [6, 6.07) is 3.26. The van der Waals surface area contributed by atoms with Crippen LogP contribution in [0.15, 0.2) is 29.4 Å². The summed E-state index contributed by atoms with van der Waals surface area (Å²) in [6.07, 6.45) is 1.77. The summed E-state index contributed by atoms with van der Waals surface area (Å²) >= 11 is 5.63. The molecule has 0 bridgehead atoms. The third kappa shape index (κ3) is 5.61. The minimum Gasteiger partial charge on any atom is -0.297 e. The first-order valence-corrected chi connectivity index (χ1v) is 7.11. The van der Waals surface area contributed by atoms with E-state index < -0.39 is 19.9 Å². The summed E-state index contributed by atoms with van der Waals surface area (Å²) in [6.45, 7) is -0.0167. The van der Waals surface area contributed by atoms with E-state index in [1.54, 1.807) is 19.2 Å². The lowest BCUT2D eigenvalue weighted by atomic mass is 10.3. The van der Waals surface area contributed by atoms with E-state index in [1.807, 2.05) is 0 Å². The Labute approximate surface area is 120 Å². The SMILES string of the molecule is CN(CC(=C[N+](=O)[O-])S(=O)(=O)O)Cc1ccc(Cl)nc1. The smallest absolute Gasteiger partial charge is 0.297 e. The number of rotatable bonds is 6. The first-order valence-electron chi connectivity index (χ1n) is 5.29. The molecule has 0 aromatic carbocycles. The summed E-state index contributed by atoms with van der Waals surface area (Å²) in [5, 5.41) is 10.7. The Hall–Kier alpha value is -1.55. The zero-order valence-corrected chi connectivity index (χ0v) is 12.0. The van der Waals surface area contributed by atoms with Crippen molar-refractivity contribution in [3.8, 4) is 0 Å². The number of aromatic nitrogens is 1. The molecule has 20 heavy (non-hydrogen) atoms. The molecule has 1 N–H and O–H groups in total. The Balaban J connectivity index is 2.79. The highest BCUT2D eigenvalue weighted by Crippen LogP contribution is 2.11. The van der Waals surface area contributed by atoms with E-state index in [-0.39, 0.29) is 19.3 Å². The van der Waals surface area contributed by atoms with E-state index in [4.69, 9.17) is 16.2 Å². The molecule has 0 saturated heterocycles. The van der Waals surface area contributed by atoms with Crippen LogP contribution in [0.4, 0.5) is 0 Å². The first kappa shape index (κ1) is 16.5. The van der Waals surface area contributed by atoms with E-state index in [9.17, 15) is 18.5 Å². The second-order valence-corrected chi connectivity index (χ2v) is 5.88. The molecule has 0 aliphatic carbocycles. The molecule has 1 aromatic rings. The van der Waals surface area contributed by atoms with Gasteiger partial charge in [0.05, 0.1) is 4.92 Å². The van der Waals surface area contributed by atoms with E-state index in [2.05, 4.69) is 4.98 Å². The molecule has 10 heteroatoms. The molecule has 0 fully saturated rings. The van der Waals surface area contributed by atoms with Crippen LogP contribution in [0.25, 0.3) is 0 Å². The molecule has 8 nitrogen and oxygen atoms in total. The Morgan fingerprint density at radius 3 is 2.70 bits per heavy atom. The quantitative estimate of drug-likeness (QED) is 0.362. The van der Waals surface area contributed by atoms with Gasteiger partial charge in [0.25, 0.3) is 16.3 Å². The summed E-state index contributed by atoms with van der Waals surface area (Å²) in [5.74, 6) is 0. The third-order valence-electron chi connectivity index (χ3n) is 2.25. The highest BCUT2D eigenvalue weighted by molar-refractivity contribution is 7.89. The maximum absolute atomic E-state index is 11.0. The minimum absolute atomic E-state index is 0.270. The second kappa shape index (κ2) is 6.75. The van der Waals surface area contributed by atoms with Crippen LogP contribution in [-0.4, -0.2) is 41.4 Å². The Morgan fingerprint density at radius 1 is 1.60 bits per heavy atom. The van der Waals surface area contributed by atoms with Gasteiger partial charge in [-0.25, -0.2) is 4.98 Å². The zero-order valence-electron chi connectivity index (χ0n) is 10.4. The van der Waals surface area contributed by atoms with Gasteiger partial charge < -0.3 is 0 Å². The number of nitro groups is 1. The van der Waals surface area contributed by atoms with Gasteiger partial charge in [0.15, 0.2) is 4.91 Å². The van der Waals surface area contributed by atoms with Crippen LogP contribution in [0.1, 0.15) is 5.56 Å². The van der Waals surface area contributed by atoms with Crippen molar-refractivity contribution < 1.29 is 17.9 Å². The van der Waals surface area contributed by atoms with Gasteiger partial charge in [-0.2, -0.15) is 8.42 Å². The number of likely N-dealkylation sites (N-methyl/N-ethyl adjacent to an activating group) is 1. The van der Waals surface area contributed by atoms with Gasteiger partial charge >= 0.3 is 0 Å². The maximum Gasteiger partial charge on any atom is 0.298 e. The zero-order chi connectivity index (χ0) is 15.3. The average Bonchev–Trinajstić information content (AvgIpc) is 2.29. The van der Waals surface area contributed by atoms with Crippen LogP contribution in [0.3, 0.4) is 0 Å². The van der Waals surface area contributed by atoms with Crippen LogP contribution >= 0.6 is 11.6 Å². The largest absolute Gasteiger partial charge is 0.298 e. The molecule has 0 radical (unpaired) electrons. The van der Waals surface area contributed by atoms with Gasteiger partial charge in [-0.1, -0.05) is 17.7 Å². The third-order valence-corrected chi connectivity index (χ3v) is 3.37. The molecule has 0 aliphatic rings. The Morgan fingerprint density at radius 2 is 2.25 bits per heavy atom. The van der Waals surface area contributed by atoms with Crippen LogP contribution in [0, 0.1) is 10.1 Å². The van der Waals surface area contributed by atoms with E-state index in [0.717, 1.165) is 5.56 Å². The Bertz CT molecular complexity index is 614. The van der Waals surface area contributed by atoms with Gasteiger partial charge in [0.2, 0.25) is 0 Å². The van der Waals surface area contributed by atoms with Gasteiger partial charge in [-0.15, -0.1) is 0 Å². The fourth-order valence-electron chi connectivity index (χ4n) is 1.44. The van der Waals surface area contributed by atoms with E-state index in [1.165, 1.54) is 11.1 Å². The standard InChI is InChI=1S/C10H12ClN3O5S/c1-13(5-8-2-3-10(11)12-4-8)6-9(7-14(15)16)20(17,18)19/h2-4,7H,5-6H2,1H3,(H,17,18,19). The van der Waals surface area contributed by atoms with Crippen molar-refractivity contribution >= 4 is 21.7 Å². The van der Waals surface area contributed by atoms with Gasteiger partial charge in [0.1, 0.15) is 5.15 Å². The van der Waals surface area contributed by atoms with Gasteiger partial charge in [-0.3, -0.25) is 19.6 Å². The van der Waals surface area contributed by atoms with Crippen LogP contribution in [0.2, 0.25) is 5.15 Å². The van der Waals surface area contributed by atoms with Crippen molar-refractivity contribution in [1.82, 2.24) is 9.88 Å². The molecular weight excluding hydrogens is 310 g/mol. The van der Waals surface area contributed by atoms with Crippen molar-refractivity contribution in [2.24, 2.45) is 0 Å². The molecule has 1 heterocycles. The maximum atomic E-state index is 11.0. The number of pyridine rings is 1. The van der Waals surface area contributed by atoms with E-state index >= 15 is 0 Å². The number of hydrogen-bond acceptors (Lipinski definition) is 6. The van der Waals surface area contributed by atoms with Gasteiger partial charge in [0, 0.05) is 19.3 Å². The summed E-state index contributed by atoms with van der Waals surface area (Å²) in [5.41, 5.74) is 0.743. The lowest BCUT2D eigenvalue weighted by Crippen LogP contribution is -2.24. The summed E-state index contributed by atoms with van der Waals surface area (Å²) in [7, 11) is -3.06. The molecule has 0 amide bonds. The highest BCUT2D eigenvalue weighted by Gasteiger charge is 2.20. The molecule has 0 unspecified atom stereocenters. The monoisotopic (exact) mass is 321 g/mol. The molecule has 0 saturated carbocycles. The fraction of sp³-hybridized carbons (Fsp3) is 0.300.